The van der Waals surface area contributed by atoms with Gasteiger partial charge in [-0.3, -0.25) is 4.79 Å². The van der Waals surface area contributed by atoms with Gasteiger partial charge in [-0.25, -0.2) is 4.98 Å². The molecule has 1 aliphatic carbocycles. The normalized spacial score (nSPS) is 19.7. The lowest BCUT2D eigenvalue weighted by molar-refractivity contribution is 0.0691. The molecule has 0 N–H and O–H groups in total. The van der Waals surface area contributed by atoms with Crippen LogP contribution in [-0.2, 0) is 12.8 Å². The number of amides is 1. The van der Waals surface area contributed by atoms with E-state index >= 15 is 0 Å². The first-order valence-electron chi connectivity index (χ1n) is 9.28. The fraction of sp³-hybridized carbons (Fsp3) is 0.400. The Morgan fingerprint density at radius 1 is 1.15 bits per heavy atom. The van der Waals surface area contributed by atoms with Crippen LogP contribution in [-0.4, -0.2) is 39.1 Å². The second-order valence-corrected chi connectivity index (χ2v) is 7.17. The van der Waals surface area contributed by atoms with Crippen LogP contribution in [0.15, 0.2) is 34.7 Å². The third-order valence-corrected chi connectivity index (χ3v) is 5.41. The second-order valence-electron chi connectivity index (χ2n) is 7.17. The van der Waals surface area contributed by atoms with Crippen LogP contribution < -0.4 is 0 Å². The lowest BCUT2D eigenvalue weighted by Gasteiger charge is -2.31. The topological polar surface area (TPSA) is 72.1 Å². The highest BCUT2D eigenvalue weighted by atomic mass is 16.3. The molecule has 132 valence electrons. The first-order valence-corrected chi connectivity index (χ1v) is 9.28. The van der Waals surface area contributed by atoms with Gasteiger partial charge in [-0.2, -0.15) is 5.10 Å². The summed E-state index contributed by atoms with van der Waals surface area (Å²) in [4.78, 5) is 19.4. The molecular formula is C20H20N4O2. The van der Waals surface area contributed by atoms with Gasteiger partial charge in [0.25, 0.3) is 5.91 Å². The SMILES string of the molecule is O=C(c1cc2c(nn1)CCC2)N1CCCC(c2nc3ccccc3o2)C1. The number of aryl methyl sites for hydroxylation is 2. The smallest absolute Gasteiger partial charge is 0.274 e. The number of rotatable bonds is 2. The molecule has 3 aromatic rings. The van der Waals surface area contributed by atoms with Crippen molar-refractivity contribution in [1.29, 1.82) is 0 Å². The molecule has 1 atom stereocenters. The van der Waals surface area contributed by atoms with Gasteiger partial charge in [0.15, 0.2) is 17.2 Å². The van der Waals surface area contributed by atoms with Crippen LogP contribution in [0.3, 0.4) is 0 Å². The number of para-hydroxylation sites is 2. The van der Waals surface area contributed by atoms with Crippen molar-refractivity contribution in [3.05, 3.63) is 53.2 Å². The fourth-order valence-corrected chi connectivity index (χ4v) is 4.02. The zero-order valence-electron chi connectivity index (χ0n) is 14.5. The number of oxazole rings is 1. The molecule has 5 rings (SSSR count). The molecule has 1 fully saturated rings. The van der Waals surface area contributed by atoms with Crippen LogP contribution in [0.25, 0.3) is 11.1 Å². The maximum Gasteiger partial charge on any atom is 0.274 e. The molecule has 0 saturated carbocycles. The van der Waals surface area contributed by atoms with Crippen molar-refractivity contribution < 1.29 is 9.21 Å². The lowest BCUT2D eigenvalue weighted by Crippen LogP contribution is -2.39. The van der Waals surface area contributed by atoms with Crippen molar-refractivity contribution in [2.75, 3.05) is 13.1 Å². The van der Waals surface area contributed by atoms with E-state index in [1.807, 2.05) is 35.2 Å². The fourth-order valence-electron chi connectivity index (χ4n) is 4.02. The largest absolute Gasteiger partial charge is 0.440 e. The van der Waals surface area contributed by atoms with E-state index in [0.29, 0.717) is 12.2 Å². The number of fused-ring (bicyclic) bond motifs is 2. The summed E-state index contributed by atoms with van der Waals surface area (Å²) in [5.74, 6) is 0.819. The zero-order chi connectivity index (χ0) is 17.5. The molecule has 1 aliphatic heterocycles. The van der Waals surface area contributed by atoms with Crippen molar-refractivity contribution in [3.63, 3.8) is 0 Å². The molecule has 1 aromatic carbocycles. The van der Waals surface area contributed by atoms with Gasteiger partial charge in [-0.1, -0.05) is 12.1 Å². The third-order valence-electron chi connectivity index (χ3n) is 5.41. The monoisotopic (exact) mass is 348 g/mol. The first kappa shape index (κ1) is 15.5. The van der Waals surface area contributed by atoms with Crippen LogP contribution in [0.1, 0.15) is 52.8 Å². The van der Waals surface area contributed by atoms with Crippen molar-refractivity contribution in [2.45, 2.75) is 38.0 Å². The third kappa shape index (κ3) is 2.66. The summed E-state index contributed by atoms with van der Waals surface area (Å²) < 4.78 is 5.92. The molecule has 2 aromatic heterocycles. The van der Waals surface area contributed by atoms with Crippen LogP contribution >= 0.6 is 0 Å². The van der Waals surface area contributed by atoms with E-state index in [9.17, 15) is 4.79 Å². The molecule has 0 bridgehead atoms. The van der Waals surface area contributed by atoms with E-state index in [1.54, 1.807) is 0 Å². The lowest BCUT2D eigenvalue weighted by atomic mass is 9.97. The molecule has 26 heavy (non-hydrogen) atoms. The molecule has 0 spiro atoms. The minimum Gasteiger partial charge on any atom is -0.440 e. The second kappa shape index (κ2) is 6.20. The summed E-state index contributed by atoms with van der Waals surface area (Å²) in [7, 11) is 0. The zero-order valence-corrected chi connectivity index (χ0v) is 14.5. The Morgan fingerprint density at radius 3 is 3.00 bits per heavy atom. The number of carbonyl (C=O) groups is 1. The number of hydrogen-bond donors (Lipinski definition) is 0. The van der Waals surface area contributed by atoms with Gasteiger partial charge in [-0.15, -0.1) is 5.10 Å². The Kier molecular flexibility index (Phi) is 3.69. The summed E-state index contributed by atoms with van der Waals surface area (Å²) >= 11 is 0. The van der Waals surface area contributed by atoms with Gasteiger partial charge >= 0.3 is 0 Å². The number of likely N-dealkylation sites (tertiary alicyclic amines) is 1. The van der Waals surface area contributed by atoms with Crippen molar-refractivity contribution in [2.24, 2.45) is 0 Å². The van der Waals surface area contributed by atoms with Gasteiger partial charge in [0.2, 0.25) is 0 Å². The Morgan fingerprint density at radius 2 is 2.08 bits per heavy atom. The molecule has 6 heteroatoms. The molecule has 3 heterocycles. The minimum atomic E-state index is -0.0342. The number of hydrogen-bond acceptors (Lipinski definition) is 5. The number of aromatic nitrogens is 3. The average molecular weight is 348 g/mol. The Balaban J connectivity index is 1.37. The van der Waals surface area contributed by atoms with E-state index in [2.05, 4.69) is 15.2 Å². The van der Waals surface area contributed by atoms with Crippen LogP contribution in [0, 0.1) is 0 Å². The number of benzene rings is 1. The van der Waals surface area contributed by atoms with Gasteiger partial charge < -0.3 is 9.32 Å². The summed E-state index contributed by atoms with van der Waals surface area (Å²) in [5.41, 5.74) is 4.36. The molecular weight excluding hydrogens is 328 g/mol. The Bertz CT molecular complexity index is 948. The predicted molar refractivity (Wildman–Crippen MR) is 95.9 cm³/mol. The number of nitrogens with zero attached hydrogens (tertiary/aromatic N) is 4. The molecule has 0 radical (unpaired) electrons. The highest BCUT2D eigenvalue weighted by Gasteiger charge is 2.30. The van der Waals surface area contributed by atoms with Gasteiger partial charge in [0.1, 0.15) is 5.52 Å². The number of carbonyl (C=O) groups excluding carboxylic acids is 1. The summed E-state index contributed by atoms with van der Waals surface area (Å²) in [5, 5.41) is 8.43. The van der Waals surface area contributed by atoms with Gasteiger partial charge in [-0.05, 0) is 55.9 Å². The maximum atomic E-state index is 12.9. The minimum absolute atomic E-state index is 0.0342. The van der Waals surface area contributed by atoms with Gasteiger partial charge in [0.05, 0.1) is 11.6 Å². The standard InChI is InChI=1S/C20H20N4O2/c25-20(17-11-13-5-3-8-15(13)22-23-17)24-10-4-6-14(12-24)19-21-16-7-1-2-9-18(16)26-19/h1-2,7,9,11,14H,3-6,8,10,12H2. The first-order chi connectivity index (χ1) is 12.8. The van der Waals surface area contributed by atoms with Crippen molar-refractivity contribution in [1.82, 2.24) is 20.1 Å². The average Bonchev–Trinajstić information content (AvgIpc) is 3.33. The molecule has 1 saturated heterocycles. The van der Waals surface area contributed by atoms with Gasteiger partial charge in [0, 0.05) is 13.1 Å². The summed E-state index contributed by atoms with van der Waals surface area (Å²) in [6.45, 7) is 1.36. The molecule has 1 amide bonds. The van der Waals surface area contributed by atoms with Crippen molar-refractivity contribution >= 4 is 17.0 Å². The van der Waals surface area contributed by atoms with E-state index in [4.69, 9.17) is 4.42 Å². The Hall–Kier alpha value is -2.76. The highest BCUT2D eigenvalue weighted by Crippen LogP contribution is 2.29. The van der Waals surface area contributed by atoms with Crippen LogP contribution in [0.4, 0.5) is 0 Å². The molecule has 1 unspecified atom stereocenters. The maximum absolute atomic E-state index is 12.9. The summed E-state index contributed by atoms with van der Waals surface area (Å²) in [6, 6.07) is 9.71. The van der Waals surface area contributed by atoms with E-state index in [1.165, 1.54) is 5.56 Å². The number of piperidine rings is 1. The highest BCUT2D eigenvalue weighted by molar-refractivity contribution is 5.92. The van der Waals surface area contributed by atoms with Crippen molar-refractivity contribution in [3.8, 4) is 0 Å². The summed E-state index contributed by atoms with van der Waals surface area (Å²) in [6.07, 6.45) is 4.99. The van der Waals surface area contributed by atoms with E-state index in [-0.39, 0.29) is 11.8 Å². The Labute approximate surface area is 151 Å². The van der Waals surface area contributed by atoms with Crippen LogP contribution in [0.2, 0.25) is 0 Å². The molecule has 2 aliphatic rings. The molecule has 6 nitrogen and oxygen atoms in total. The predicted octanol–water partition coefficient (Wildman–Crippen LogP) is 3.13. The van der Waals surface area contributed by atoms with E-state index < -0.39 is 0 Å². The van der Waals surface area contributed by atoms with Crippen LogP contribution in [0.5, 0.6) is 0 Å². The van der Waals surface area contributed by atoms with E-state index in [0.717, 1.165) is 61.3 Å². The quantitative estimate of drug-likeness (QED) is 0.711.